The smallest absolute Gasteiger partial charge is 0.129 e. The SMILES string of the molecule is Cc1cc(NCC2NCCCC2(C)C)ncn1. The minimum Gasteiger partial charge on any atom is -0.368 e. The van der Waals surface area contributed by atoms with E-state index in [9.17, 15) is 0 Å². The highest BCUT2D eigenvalue weighted by Crippen LogP contribution is 2.29. The topological polar surface area (TPSA) is 49.8 Å². The number of hydrogen-bond donors (Lipinski definition) is 2. The van der Waals surface area contributed by atoms with Crippen molar-refractivity contribution in [3.8, 4) is 0 Å². The first kappa shape index (κ1) is 12.3. The van der Waals surface area contributed by atoms with Gasteiger partial charge in [0.15, 0.2) is 0 Å². The maximum atomic E-state index is 4.22. The third kappa shape index (κ3) is 3.16. The van der Waals surface area contributed by atoms with Crippen LogP contribution < -0.4 is 10.6 Å². The van der Waals surface area contributed by atoms with Gasteiger partial charge in [0.2, 0.25) is 0 Å². The summed E-state index contributed by atoms with van der Waals surface area (Å²) in [5, 5.41) is 6.99. The molecule has 4 heteroatoms. The van der Waals surface area contributed by atoms with Crippen LogP contribution in [0.5, 0.6) is 0 Å². The number of rotatable bonds is 3. The Bertz CT molecular complexity index is 375. The monoisotopic (exact) mass is 234 g/mol. The average molecular weight is 234 g/mol. The fourth-order valence-corrected chi connectivity index (χ4v) is 2.38. The summed E-state index contributed by atoms with van der Waals surface area (Å²) in [4.78, 5) is 8.32. The molecule has 0 spiro atoms. The van der Waals surface area contributed by atoms with Crippen molar-refractivity contribution in [1.82, 2.24) is 15.3 Å². The summed E-state index contributed by atoms with van der Waals surface area (Å²) < 4.78 is 0. The van der Waals surface area contributed by atoms with Gasteiger partial charge >= 0.3 is 0 Å². The second-order valence-electron chi connectivity index (χ2n) is 5.52. The summed E-state index contributed by atoms with van der Waals surface area (Å²) >= 11 is 0. The van der Waals surface area contributed by atoms with Crippen molar-refractivity contribution in [2.75, 3.05) is 18.4 Å². The lowest BCUT2D eigenvalue weighted by Gasteiger charge is -2.39. The van der Waals surface area contributed by atoms with Crippen molar-refractivity contribution in [2.45, 2.75) is 39.7 Å². The molecule has 1 fully saturated rings. The second kappa shape index (κ2) is 5.00. The number of nitrogens with zero attached hydrogens (tertiary/aromatic N) is 2. The zero-order valence-corrected chi connectivity index (χ0v) is 11.0. The molecule has 0 bridgehead atoms. The lowest BCUT2D eigenvalue weighted by molar-refractivity contribution is 0.188. The molecule has 2 N–H and O–H groups in total. The van der Waals surface area contributed by atoms with Crippen LogP contribution in [0.2, 0.25) is 0 Å². The zero-order valence-electron chi connectivity index (χ0n) is 11.0. The van der Waals surface area contributed by atoms with Gasteiger partial charge in [0.05, 0.1) is 0 Å². The molecule has 0 radical (unpaired) electrons. The Labute approximate surface area is 103 Å². The van der Waals surface area contributed by atoms with Crippen LogP contribution in [0.25, 0.3) is 0 Å². The third-order valence-electron chi connectivity index (χ3n) is 3.62. The van der Waals surface area contributed by atoms with Gasteiger partial charge in [0, 0.05) is 24.3 Å². The molecule has 0 saturated carbocycles. The molecule has 1 aliphatic rings. The predicted octanol–water partition coefficient (Wildman–Crippen LogP) is 1.98. The van der Waals surface area contributed by atoms with Crippen molar-refractivity contribution in [1.29, 1.82) is 0 Å². The molecular formula is C13H22N4. The van der Waals surface area contributed by atoms with Gasteiger partial charge in [-0.15, -0.1) is 0 Å². The first-order chi connectivity index (χ1) is 8.08. The lowest BCUT2D eigenvalue weighted by Crippen LogP contribution is -2.50. The Morgan fingerprint density at radius 2 is 2.29 bits per heavy atom. The van der Waals surface area contributed by atoms with E-state index < -0.39 is 0 Å². The van der Waals surface area contributed by atoms with Gasteiger partial charge in [-0.2, -0.15) is 0 Å². The van der Waals surface area contributed by atoms with Crippen LogP contribution in [0.1, 0.15) is 32.4 Å². The first-order valence-corrected chi connectivity index (χ1v) is 6.34. The van der Waals surface area contributed by atoms with Crippen LogP contribution in [-0.4, -0.2) is 29.1 Å². The molecule has 2 heterocycles. The Hall–Kier alpha value is -1.16. The Balaban J connectivity index is 1.93. The van der Waals surface area contributed by atoms with Crippen LogP contribution in [0.4, 0.5) is 5.82 Å². The highest BCUT2D eigenvalue weighted by atomic mass is 15.1. The van der Waals surface area contributed by atoms with Gasteiger partial charge < -0.3 is 10.6 Å². The summed E-state index contributed by atoms with van der Waals surface area (Å²) in [6, 6.07) is 2.49. The quantitative estimate of drug-likeness (QED) is 0.839. The fraction of sp³-hybridized carbons (Fsp3) is 0.692. The second-order valence-corrected chi connectivity index (χ2v) is 5.52. The van der Waals surface area contributed by atoms with Crippen molar-refractivity contribution < 1.29 is 0 Å². The largest absolute Gasteiger partial charge is 0.368 e. The summed E-state index contributed by atoms with van der Waals surface area (Å²) in [5.41, 5.74) is 1.35. The normalized spacial score (nSPS) is 23.4. The van der Waals surface area contributed by atoms with Crippen molar-refractivity contribution >= 4 is 5.82 Å². The Morgan fingerprint density at radius 3 is 3.00 bits per heavy atom. The maximum absolute atomic E-state index is 4.22. The number of nitrogens with one attached hydrogen (secondary N) is 2. The molecule has 94 valence electrons. The zero-order chi connectivity index (χ0) is 12.3. The molecule has 0 aromatic carbocycles. The van der Waals surface area contributed by atoms with Crippen molar-refractivity contribution in [2.24, 2.45) is 5.41 Å². The van der Waals surface area contributed by atoms with E-state index in [4.69, 9.17) is 0 Å². The maximum Gasteiger partial charge on any atom is 0.129 e. The van der Waals surface area contributed by atoms with Crippen LogP contribution in [0.3, 0.4) is 0 Å². The van der Waals surface area contributed by atoms with Gasteiger partial charge in [-0.3, -0.25) is 0 Å². The highest BCUT2D eigenvalue weighted by molar-refractivity contribution is 5.34. The van der Waals surface area contributed by atoms with E-state index in [1.165, 1.54) is 12.8 Å². The summed E-state index contributed by atoms with van der Waals surface area (Å²) in [6.07, 6.45) is 4.17. The molecule has 0 amide bonds. The Kier molecular flexibility index (Phi) is 3.62. The van der Waals surface area contributed by atoms with Crippen molar-refractivity contribution in [3.05, 3.63) is 18.1 Å². The molecule has 1 aromatic heterocycles. The van der Waals surface area contributed by atoms with E-state index in [0.29, 0.717) is 11.5 Å². The van der Waals surface area contributed by atoms with Gasteiger partial charge in [0.25, 0.3) is 0 Å². The Morgan fingerprint density at radius 1 is 1.47 bits per heavy atom. The number of aryl methyl sites for hydroxylation is 1. The number of anilines is 1. The first-order valence-electron chi connectivity index (χ1n) is 6.34. The van der Waals surface area contributed by atoms with Crippen LogP contribution in [0, 0.1) is 12.3 Å². The highest BCUT2D eigenvalue weighted by Gasteiger charge is 2.31. The van der Waals surface area contributed by atoms with E-state index >= 15 is 0 Å². The van der Waals surface area contributed by atoms with E-state index in [0.717, 1.165) is 24.6 Å². The van der Waals surface area contributed by atoms with Crippen LogP contribution in [0.15, 0.2) is 12.4 Å². The predicted molar refractivity (Wildman–Crippen MR) is 70.1 cm³/mol. The minimum absolute atomic E-state index is 0.354. The molecule has 1 aromatic rings. The molecule has 4 nitrogen and oxygen atoms in total. The number of hydrogen-bond acceptors (Lipinski definition) is 4. The molecule has 1 saturated heterocycles. The van der Waals surface area contributed by atoms with Gasteiger partial charge in [-0.25, -0.2) is 9.97 Å². The summed E-state index contributed by atoms with van der Waals surface area (Å²) in [7, 11) is 0. The van der Waals surface area contributed by atoms with Crippen LogP contribution in [-0.2, 0) is 0 Å². The van der Waals surface area contributed by atoms with E-state index in [1.807, 2.05) is 13.0 Å². The average Bonchev–Trinajstić information content (AvgIpc) is 2.27. The van der Waals surface area contributed by atoms with Gasteiger partial charge in [-0.1, -0.05) is 13.8 Å². The molecule has 1 unspecified atom stereocenters. The van der Waals surface area contributed by atoms with Gasteiger partial charge in [-0.05, 0) is 31.7 Å². The van der Waals surface area contributed by atoms with Crippen LogP contribution >= 0.6 is 0 Å². The fourth-order valence-electron chi connectivity index (χ4n) is 2.38. The third-order valence-corrected chi connectivity index (χ3v) is 3.62. The molecule has 0 aliphatic carbocycles. The molecule has 1 aliphatic heterocycles. The number of piperidine rings is 1. The van der Waals surface area contributed by atoms with E-state index in [1.54, 1.807) is 6.33 Å². The molecule has 17 heavy (non-hydrogen) atoms. The minimum atomic E-state index is 0.354. The number of aromatic nitrogens is 2. The molecule has 1 atom stereocenters. The summed E-state index contributed by atoms with van der Waals surface area (Å²) in [5.74, 6) is 0.917. The molecular weight excluding hydrogens is 212 g/mol. The molecule has 2 rings (SSSR count). The standard InChI is InChI=1S/C13H22N4/c1-10-7-12(17-9-16-10)15-8-11-13(2,3)5-4-6-14-11/h7,9,11,14H,4-6,8H2,1-3H3,(H,15,16,17). The summed E-state index contributed by atoms with van der Waals surface area (Å²) in [6.45, 7) is 8.69. The van der Waals surface area contributed by atoms with E-state index in [2.05, 4.69) is 34.4 Å². The lowest BCUT2D eigenvalue weighted by atomic mass is 9.77. The van der Waals surface area contributed by atoms with E-state index in [-0.39, 0.29) is 0 Å². The van der Waals surface area contributed by atoms with Crippen molar-refractivity contribution in [3.63, 3.8) is 0 Å². The van der Waals surface area contributed by atoms with Gasteiger partial charge in [0.1, 0.15) is 12.1 Å².